The summed E-state index contributed by atoms with van der Waals surface area (Å²) in [6.45, 7) is 3.55. The molecule has 0 radical (unpaired) electrons. The first-order chi connectivity index (χ1) is 15.6. The van der Waals surface area contributed by atoms with Gasteiger partial charge in [0.15, 0.2) is 0 Å². The molecule has 0 saturated carbocycles. The molecule has 5 atom stereocenters. The molecule has 1 aliphatic rings. The highest BCUT2D eigenvalue weighted by Gasteiger charge is 2.48. The van der Waals surface area contributed by atoms with Crippen molar-refractivity contribution in [3.05, 3.63) is 69.7 Å². The van der Waals surface area contributed by atoms with Crippen molar-refractivity contribution in [1.29, 1.82) is 0 Å². The minimum absolute atomic E-state index is 0.0107. The van der Waals surface area contributed by atoms with Gasteiger partial charge < -0.3 is 15.2 Å². The Morgan fingerprint density at radius 1 is 1.21 bits per heavy atom. The van der Waals surface area contributed by atoms with Gasteiger partial charge in [0.05, 0.1) is 25.0 Å². The first kappa shape index (κ1) is 25.5. The maximum Gasteiger partial charge on any atom is 0.306 e. The topological polar surface area (TPSA) is 75.6 Å². The number of methoxy groups -OCH3 is 1. The molecule has 1 heterocycles. The van der Waals surface area contributed by atoms with Crippen LogP contribution in [0, 0.1) is 11.3 Å². The number of ether oxygens (including phenoxy) is 1. The lowest BCUT2D eigenvalue weighted by Crippen LogP contribution is -2.58. The molecule has 1 fully saturated rings. The van der Waals surface area contributed by atoms with Gasteiger partial charge in [0.2, 0.25) is 5.91 Å². The van der Waals surface area contributed by atoms with E-state index in [0.29, 0.717) is 22.9 Å². The van der Waals surface area contributed by atoms with Crippen molar-refractivity contribution in [2.45, 2.75) is 57.6 Å². The van der Waals surface area contributed by atoms with Crippen LogP contribution in [-0.2, 0) is 20.7 Å². The number of hydrogen-bond acceptors (Lipinski definition) is 4. The van der Waals surface area contributed by atoms with Gasteiger partial charge in [-0.15, -0.1) is 0 Å². The summed E-state index contributed by atoms with van der Waals surface area (Å²) in [5.41, 5.74) is 1.17. The Kier molecular flexibility index (Phi) is 8.43. The number of nitrogens with one attached hydrogen (secondary N) is 1. The predicted molar refractivity (Wildman–Crippen MR) is 130 cm³/mol. The van der Waals surface area contributed by atoms with E-state index in [2.05, 4.69) is 5.32 Å². The number of aryl methyl sites for hydroxylation is 1. The third-order valence-electron chi connectivity index (χ3n) is 6.75. The molecular weight excluding hydrogens is 461 g/mol. The second kappa shape index (κ2) is 10.9. The molecule has 5 nitrogen and oxygen atoms in total. The first-order valence-corrected chi connectivity index (χ1v) is 11.9. The zero-order valence-corrected chi connectivity index (χ0v) is 20.7. The van der Waals surface area contributed by atoms with Gasteiger partial charge in [0.25, 0.3) is 0 Å². The van der Waals surface area contributed by atoms with Crippen molar-refractivity contribution in [3.8, 4) is 0 Å². The third kappa shape index (κ3) is 6.28. The van der Waals surface area contributed by atoms with Crippen molar-refractivity contribution >= 4 is 35.1 Å². The van der Waals surface area contributed by atoms with Gasteiger partial charge >= 0.3 is 5.97 Å². The maximum atomic E-state index is 13.2. The Hall–Kier alpha value is -2.08. The fourth-order valence-corrected chi connectivity index (χ4v) is 5.17. The van der Waals surface area contributed by atoms with Gasteiger partial charge in [-0.3, -0.25) is 9.59 Å². The molecule has 2 aromatic rings. The monoisotopic (exact) mass is 491 g/mol. The molecule has 2 aromatic carbocycles. The molecule has 1 saturated heterocycles. The Labute approximate surface area is 205 Å². The zero-order valence-electron chi connectivity index (χ0n) is 19.2. The predicted octanol–water partition coefficient (Wildman–Crippen LogP) is 5.16. The van der Waals surface area contributed by atoms with Crippen molar-refractivity contribution in [3.63, 3.8) is 0 Å². The van der Waals surface area contributed by atoms with Gasteiger partial charge in [-0.1, -0.05) is 54.4 Å². The molecule has 7 heteroatoms. The molecule has 0 aliphatic carbocycles. The second-order valence-electron chi connectivity index (χ2n) is 9.25. The van der Waals surface area contributed by atoms with Crippen LogP contribution in [0.5, 0.6) is 0 Å². The molecular formula is C26H31Cl2NO4. The van der Waals surface area contributed by atoms with Crippen molar-refractivity contribution in [2.24, 2.45) is 11.3 Å². The highest BCUT2D eigenvalue weighted by Crippen LogP contribution is 2.44. The van der Waals surface area contributed by atoms with Crippen LogP contribution in [0.15, 0.2) is 48.5 Å². The summed E-state index contributed by atoms with van der Waals surface area (Å²) in [7, 11) is 1.32. The Bertz CT molecular complexity index is 979. The highest BCUT2D eigenvalue weighted by atomic mass is 35.5. The SMILES string of the molecule is COC(=O)C[C@]1(C)C[C@H](c2cccc(Cl)c2)[C@@H]([C@H](CCc2ccc(Cl)cc2)[C@H](C)O)NC1=O. The van der Waals surface area contributed by atoms with Gasteiger partial charge in [-0.05, 0) is 61.6 Å². The van der Waals surface area contributed by atoms with Crippen molar-refractivity contribution in [1.82, 2.24) is 5.32 Å². The number of carbonyl (C=O) groups is 2. The third-order valence-corrected chi connectivity index (χ3v) is 7.24. The number of aliphatic hydroxyl groups excluding tert-OH is 1. The lowest BCUT2D eigenvalue weighted by atomic mass is 9.66. The van der Waals surface area contributed by atoms with Crippen LogP contribution >= 0.6 is 23.2 Å². The molecule has 0 aromatic heterocycles. The summed E-state index contributed by atoms with van der Waals surface area (Å²) >= 11 is 12.3. The zero-order chi connectivity index (χ0) is 24.2. The first-order valence-electron chi connectivity index (χ1n) is 11.2. The summed E-state index contributed by atoms with van der Waals surface area (Å²) in [5, 5.41) is 15.2. The number of halogens is 2. The Balaban J connectivity index is 1.92. The number of aliphatic hydroxyl groups is 1. The number of benzene rings is 2. The summed E-state index contributed by atoms with van der Waals surface area (Å²) in [5.74, 6) is -0.948. The molecule has 1 amide bonds. The number of carbonyl (C=O) groups excluding carboxylic acids is 2. The number of hydrogen-bond donors (Lipinski definition) is 2. The molecule has 3 rings (SSSR count). The molecule has 0 spiro atoms. The number of amides is 1. The van der Waals surface area contributed by atoms with Crippen LogP contribution in [0.4, 0.5) is 0 Å². The summed E-state index contributed by atoms with van der Waals surface area (Å²) < 4.78 is 4.85. The average molecular weight is 492 g/mol. The number of esters is 1. The van der Waals surface area contributed by atoms with E-state index in [0.717, 1.165) is 17.5 Å². The molecule has 2 N–H and O–H groups in total. The fraction of sp³-hybridized carbons (Fsp3) is 0.462. The standard InChI is InChI=1S/C26H31Cl2NO4/c1-16(30)21(12-9-17-7-10-19(27)11-8-17)24-22(18-5-4-6-20(28)13-18)14-26(2,25(32)29-24)15-23(31)33-3/h4-8,10-11,13,16,21-22,24,30H,9,12,14-15H2,1-3H3,(H,29,32)/t16-,21+,22+,24+,26-/m0/s1. The van der Waals surface area contributed by atoms with Crippen LogP contribution in [-0.4, -0.2) is 36.2 Å². The van der Waals surface area contributed by atoms with E-state index in [1.165, 1.54) is 7.11 Å². The lowest BCUT2D eigenvalue weighted by Gasteiger charge is -2.46. The van der Waals surface area contributed by atoms with Crippen LogP contribution in [0.25, 0.3) is 0 Å². The lowest BCUT2D eigenvalue weighted by molar-refractivity contribution is -0.150. The largest absolute Gasteiger partial charge is 0.469 e. The Morgan fingerprint density at radius 3 is 2.52 bits per heavy atom. The van der Waals surface area contributed by atoms with E-state index in [4.69, 9.17) is 27.9 Å². The van der Waals surface area contributed by atoms with Gasteiger partial charge in [0.1, 0.15) is 0 Å². The molecule has 0 unspecified atom stereocenters. The smallest absolute Gasteiger partial charge is 0.306 e. The fourth-order valence-electron chi connectivity index (χ4n) is 4.85. The normalized spacial score (nSPS) is 24.6. The summed E-state index contributed by atoms with van der Waals surface area (Å²) in [6.07, 6.45) is 1.21. The molecule has 33 heavy (non-hydrogen) atoms. The molecule has 1 aliphatic heterocycles. The van der Waals surface area contributed by atoms with Gasteiger partial charge in [-0.25, -0.2) is 0 Å². The van der Waals surface area contributed by atoms with E-state index in [1.54, 1.807) is 13.8 Å². The van der Waals surface area contributed by atoms with E-state index in [-0.39, 0.29) is 30.2 Å². The van der Waals surface area contributed by atoms with E-state index in [1.807, 2.05) is 48.5 Å². The molecule has 178 valence electrons. The van der Waals surface area contributed by atoms with Crippen molar-refractivity contribution in [2.75, 3.05) is 7.11 Å². The number of piperidine rings is 1. The van der Waals surface area contributed by atoms with E-state index < -0.39 is 17.5 Å². The van der Waals surface area contributed by atoms with Crippen LogP contribution in [0.1, 0.15) is 50.2 Å². The van der Waals surface area contributed by atoms with Crippen LogP contribution in [0.2, 0.25) is 10.0 Å². The quantitative estimate of drug-likeness (QED) is 0.499. The minimum Gasteiger partial charge on any atom is -0.469 e. The average Bonchev–Trinajstić information content (AvgIpc) is 2.77. The Morgan fingerprint density at radius 2 is 1.91 bits per heavy atom. The summed E-state index contributed by atoms with van der Waals surface area (Å²) in [4.78, 5) is 25.3. The summed E-state index contributed by atoms with van der Waals surface area (Å²) in [6, 6.07) is 14.9. The maximum absolute atomic E-state index is 13.2. The molecule has 0 bridgehead atoms. The van der Waals surface area contributed by atoms with Gasteiger partial charge in [-0.2, -0.15) is 0 Å². The van der Waals surface area contributed by atoms with Crippen LogP contribution < -0.4 is 5.32 Å². The number of rotatable bonds is 8. The second-order valence-corrected chi connectivity index (χ2v) is 10.1. The highest BCUT2D eigenvalue weighted by molar-refractivity contribution is 6.30. The van der Waals surface area contributed by atoms with Crippen LogP contribution in [0.3, 0.4) is 0 Å². The van der Waals surface area contributed by atoms with Crippen molar-refractivity contribution < 1.29 is 19.4 Å². The minimum atomic E-state index is -0.921. The van der Waals surface area contributed by atoms with E-state index >= 15 is 0 Å². The van der Waals surface area contributed by atoms with E-state index in [9.17, 15) is 14.7 Å². The van der Waals surface area contributed by atoms with Gasteiger partial charge in [0, 0.05) is 27.9 Å².